The zero-order valence-electron chi connectivity index (χ0n) is 10.2. The summed E-state index contributed by atoms with van der Waals surface area (Å²) in [6.45, 7) is 1.75. The first-order chi connectivity index (χ1) is 8.56. The van der Waals surface area contributed by atoms with Gasteiger partial charge in [0.1, 0.15) is 0 Å². The fourth-order valence-electron chi connectivity index (χ4n) is 1.14. The van der Waals surface area contributed by atoms with Gasteiger partial charge in [-0.1, -0.05) is 6.92 Å². The van der Waals surface area contributed by atoms with E-state index in [0.717, 1.165) is 0 Å². The van der Waals surface area contributed by atoms with E-state index in [9.17, 15) is 9.59 Å². The van der Waals surface area contributed by atoms with Gasteiger partial charge in [0.05, 0.1) is 7.11 Å². The van der Waals surface area contributed by atoms with Gasteiger partial charge in [0.25, 0.3) is 0 Å². The first-order valence-corrected chi connectivity index (χ1v) is 5.92. The molecule has 0 saturated carbocycles. The maximum atomic E-state index is 11.6. The summed E-state index contributed by atoms with van der Waals surface area (Å²) < 4.78 is 4.46. The van der Waals surface area contributed by atoms with E-state index in [4.69, 9.17) is 11.6 Å². The smallest absolute Gasteiger partial charge is 0.411 e. The van der Waals surface area contributed by atoms with Gasteiger partial charge < -0.3 is 10.1 Å². The largest absolute Gasteiger partial charge is 0.453 e. The number of carbonyl (C=O) groups excluding carboxylic acids is 2. The van der Waals surface area contributed by atoms with Crippen LogP contribution in [0.5, 0.6) is 0 Å². The predicted octanol–water partition coefficient (Wildman–Crippen LogP) is 2.68. The van der Waals surface area contributed by atoms with Crippen molar-refractivity contribution >= 4 is 35.0 Å². The van der Waals surface area contributed by atoms with Crippen molar-refractivity contribution in [2.24, 2.45) is 5.92 Å². The highest BCUT2D eigenvalue weighted by atomic mass is 35.5. The third-order valence-corrected chi connectivity index (χ3v) is 2.73. The standard InChI is InChI=1S/C12H15ClN2O3/c1-8(7-13)11(16)14-9-3-5-10(6-4-9)15-12(17)18-2/h3-6,8H,7H2,1-2H3,(H,14,16)(H,15,17). The molecular weight excluding hydrogens is 256 g/mol. The number of hydrogen-bond acceptors (Lipinski definition) is 3. The van der Waals surface area contributed by atoms with Gasteiger partial charge in [-0.2, -0.15) is 0 Å². The van der Waals surface area contributed by atoms with Crippen LogP contribution in [0.2, 0.25) is 0 Å². The molecule has 0 fully saturated rings. The molecule has 1 atom stereocenters. The van der Waals surface area contributed by atoms with Crippen molar-refractivity contribution in [3.8, 4) is 0 Å². The maximum Gasteiger partial charge on any atom is 0.411 e. The second-order valence-corrected chi connectivity index (χ2v) is 4.05. The van der Waals surface area contributed by atoms with E-state index >= 15 is 0 Å². The van der Waals surface area contributed by atoms with Crippen molar-refractivity contribution in [3.05, 3.63) is 24.3 Å². The molecule has 6 heteroatoms. The Morgan fingerprint density at radius 1 is 1.22 bits per heavy atom. The number of methoxy groups -OCH3 is 1. The number of hydrogen-bond donors (Lipinski definition) is 2. The van der Waals surface area contributed by atoms with Crippen molar-refractivity contribution in [2.75, 3.05) is 23.6 Å². The Bertz CT molecular complexity index is 420. The summed E-state index contributed by atoms with van der Waals surface area (Å²) in [4.78, 5) is 22.5. The first-order valence-electron chi connectivity index (χ1n) is 5.38. The summed E-state index contributed by atoms with van der Waals surface area (Å²) in [5.41, 5.74) is 1.23. The van der Waals surface area contributed by atoms with Gasteiger partial charge in [0, 0.05) is 23.2 Å². The average molecular weight is 271 g/mol. The van der Waals surface area contributed by atoms with Crippen LogP contribution in [0.3, 0.4) is 0 Å². The molecule has 0 aliphatic heterocycles. The number of nitrogens with one attached hydrogen (secondary N) is 2. The van der Waals surface area contributed by atoms with Crippen LogP contribution in [-0.4, -0.2) is 25.0 Å². The molecule has 0 spiro atoms. The summed E-state index contributed by atoms with van der Waals surface area (Å²) in [7, 11) is 1.29. The van der Waals surface area contributed by atoms with Gasteiger partial charge in [0.15, 0.2) is 0 Å². The van der Waals surface area contributed by atoms with Crippen molar-refractivity contribution in [3.63, 3.8) is 0 Å². The molecule has 0 aromatic heterocycles. The van der Waals surface area contributed by atoms with Gasteiger partial charge in [-0.25, -0.2) is 4.79 Å². The summed E-state index contributed by atoms with van der Waals surface area (Å²) >= 11 is 5.59. The molecule has 98 valence electrons. The number of amides is 2. The third kappa shape index (κ3) is 4.25. The van der Waals surface area contributed by atoms with Crippen LogP contribution in [0.1, 0.15) is 6.92 Å². The normalized spacial score (nSPS) is 11.5. The average Bonchev–Trinajstić information content (AvgIpc) is 2.39. The lowest BCUT2D eigenvalue weighted by molar-refractivity contribution is -0.118. The van der Waals surface area contributed by atoms with Crippen LogP contribution in [0.25, 0.3) is 0 Å². The van der Waals surface area contributed by atoms with E-state index in [1.807, 2.05) is 0 Å². The van der Waals surface area contributed by atoms with Crippen molar-refractivity contribution in [1.82, 2.24) is 0 Å². The number of alkyl halides is 1. The molecule has 1 aromatic carbocycles. The number of rotatable bonds is 4. The van der Waals surface area contributed by atoms with Crippen LogP contribution in [-0.2, 0) is 9.53 Å². The van der Waals surface area contributed by atoms with Crippen LogP contribution >= 0.6 is 11.6 Å². The summed E-state index contributed by atoms with van der Waals surface area (Å²) in [5, 5.41) is 5.23. The number of ether oxygens (including phenoxy) is 1. The highest BCUT2D eigenvalue weighted by Gasteiger charge is 2.11. The monoisotopic (exact) mass is 270 g/mol. The minimum Gasteiger partial charge on any atom is -0.453 e. The molecule has 0 saturated heterocycles. The Kier molecular flexibility index (Phi) is 5.45. The highest BCUT2D eigenvalue weighted by Crippen LogP contribution is 2.14. The predicted molar refractivity (Wildman–Crippen MR) is 71.0 cm³/mol. The first kappa shape index (κ1) is 14.3. The SMILES string of the molecule is COC(=O)Nc1ccc(NC(=O)C(C)CCl)cc1. The van der Waals surface area contributed by atoms with E-state index in [-0.39, 0.29) is 17.7 Å². The number of halogens is 1. The van der Waals surface area contributed by atoms with Crippen LogP contribution < -0.4 is 10.6 Å². The number of benzene rings is 1. The lowest BCUT2D eigenvalue weighted by Crippen LogP contribution is -2.21. The van der Waals surface area contributed by atoms with Crippen LogP contribution in [0, 0.1) is 5.92 Å². The van der Waals surface area contributed by atoms with Gasteiger partial charge in [-0.15, -0.1) is 11.6 Å². The Morgan fingerprint density at radius 2 is 1.72 bits per heavy atom. The van der Waals surface area contributed by atoms with Crippen molar-refractivity contribution < 1.29 is 14.3 Å². The zero-order valence-corrected chi connectivity index (χ0v) is 11.0. The lowest BCUT2D eigenvalue weighted by atomic mass is 10.2. The molecule has 0 aliphatic carbocycles. The van der Waals surface area contributed by atoms with Gasteiger partial charge in [-0.05, 0) is 24.3 Å². The minimum atomic E-state index is -0.539. The van der Waals surface area contributed by atoms with Gasteiger partial charge in [-0.3, -0.25) is 10.1 Å². The molecule has 2 amide bonds. The molecule has 0 bridgehead atoms. The van der Waals surface area contributed by atoms with Gasteiger partial charge in [0.2, 0.25) is 5.91 Å². The molecule has 1 aromatic rings. The summed E-state index contributed by atoms with van der Waals surface area (Å²) in [6, 6.07) is 6.70. The topological polar surface area (TPSA) is 67.4 Å². The van der Waals surface area contributed by atoms with Crippen LogP contribution in [0.15, 0.2) is 24.3 Å². The lowest BCUT2D eigenvalue weighted by Gasteiger charge is -2.10. The summed E-state index contributed by atoms with van der Waals surface area (Å²) in [5.74, 6) is -0.119. The van der Waals surface area contributed by atoms with E-state index in [0.29, 0.717) is 11.4 Å². The molecule has 1 unspecified atom stereocenters. The second kappa shape index (κ2) is 6.86. The molecule has 5 nitrogen and oxygen atoms in total. The van der Waals surface area contributed by atoms with Crippen molar-refractivity contribution in [2.45, 2.75) is 6.92 Å². The molecule has 18 heavy (non-hydrogen) atoms. The molecule has 0 heterocycles. The maximum absolute atomic E-state index is 11.6. The molecule has 1 rings (SSSR count). The number of carbonyl (C=O) groups is 2. The molecule has 0 aliphatic rings. The zero-order chi connectivity index (χ0) is 13.5. The van der Waals surface area contributed by atoms with E-state index in [1.54, 1.807) is 31.2 Å². The number of anilines is 2. The minimum absolute atomic E-state index is 0.140. The van der Waals surface area contributed by atoms with E-state index in [1.165, 1.54) is 7.11 Å². The summed E-state index contributed by atoms with van der Waals surface area (Å²) in [6.07, 6.45) is -0.539. The second-order valence-electron chi connectivity index (χ2n) is 3.74. The Hall–Kier alpha value is -1.75. The molecule has 2 N–H and O–H groups in total. The third-order valence-electron chi connectivity index (χ3n) is 2.26. The van der Waals surface area contributed by atoms with E-state index < -0.39 is 6.09 Å². The van der Waals surface area contributed by atoms with Crippen molar-refractivity contribution in [1.29, 1.82) is 0 Å². The van der Waals surface area contributed by atoms with Crippen LogP contribution in [0.4, 0.5) is 16.2 Å². The molecular formula is C12H15ClN2O3. The Balaban J connectivity index is 2.60. The fourth-order valence-corrected chi connectivity index (χ4v) is 1.28. The van der Waals surface area contributed by atoms with E-state index in [2.05, 4.69) is 15.4 Å². The Labute approximate surface area is 110 Å². The Morgan fingerprint density at radius 3 is 2.17 bits per heavy atom. The fraction of sp³-hybridized carbons (Fsp3) is 0.333. The molecule has 0 radical (unpaired) electrons. The highest BCUT2D eigenvalue weighted by molar-refractivity contribution is 6.19. The quantitative estimate of drug-likeness (QED) is 0.827. The van der Waals surface area contributed by atoms with Gasteiger partial charge >= 0.3 is 6.09 Å².